The van der Waals surface area contributed by atoms with Crippen molar-refractivity contribution in [3.8, 4) is 0 Å². The topological polar surface area (TPSA) is 111 Å². The number of benzene rings is 1. The van der Waals surface area contributed by atoms with E-state index < -0.39 is 21.3 Å². The molecule has 4 N–H and O–H groups in total. The maximum absolute atomic E-state index is 11.6. The van der Waals surface area contributed by atoms with Gasteiger partial charge in [-0.05, 0) is 18.4 Å². The van der Waals surface area contributed by atoms with Crippen LogP contribution in [-0.4, -0.2) is 39.4 Å². The fourth-order valence-corrected chi connectivity index (χ4v) is 2.01. The Labute approximate surface area is 137 Å². The molecule has 0 saturated heterocycles. The maximum Gasteiger partial charge on any atom is 0.314 e. The number of carbonyl (C=O) groups is 1. The van der Waals surface area contributed by atoms with Crippen molar-refractivity contribution in [3.05, 3.63) is 35.9 Å². The Morgan fingerprint density at radius 3 is 2.39 bits per heavy atom. The number of primary sulfonamides is 1. The van der Waals surface area contributed by atoms with Crippen LogP contribution in [0.3, 0.4) is 0 Å². The highest BCUT2D eigenvalue weighted by atomic mass is 32.2. The van der Waals surface area contributed by atoms with Gasteiger partial charge in [-0.3, -0.25) is 0 Å². The lowest BCUT2D eigenvalue weighted by molar-refractivity contribution is 0.0924. The van der Waals surface area contributed by atoms with Crippen LogP contribution >= 0.6 is 0 Å². The minimum Gasteiger partial charge on any atom is -0.376 e. The second-order valence-corrected chi connectivity index (χ2v) is 7.58. The molecule has 0 aliphatic heterocycles. The van der Waals surface area contributed by atoms with Gasteiger partial charge in [0, 0.05) is 13.1 Å². The summed E-state index contributed by atoms with van der Waals surface area (Å²) < 4.78 is 27.7. The minimum atomic E-state index is -3.63. The van der Waals surface area contributed by atoms with Crippen molar-refractivity contribution in [2.75, 3.05) is 19.7 Å². The quantitative estimate of drug-likeness (QED) is 0.616. The summed E-state index contributed by atoms with van der Waals surface area (Å²) >= 11 is 0. The van der Waals surface area contributed by atoms with Gasteiger partial charge in [-0.1, -0.05) is 37.3 Å². The van der Waals surface area contributed by atoms with E-state index in [9.17, 15) is 13.2 Å². The number of rotatable bonds is 9. The first-order valence-corrected chi connectivity index (χ1v) is 9.05. The molecule has 23 heavy (non-hydrogen) atoms. The molecule has 0 heterocycles. The maximum atomic E-state index is 11.6. The SMILES string of the molecule is CC(CNC(=O)NCC(C)S(N)(=O)=O)COCc1ccccc1. The van der Waals surface area contributed by atoms with Crippen LogP contribution in [0.4, 0.5) is 4.79 Å². The Kier molecular flexibility index (Phi) is 8.01. The first-order chi connectivity index (χ1) is 10.8. The average molecular weight is 343 g/mol. The van der Waals surface area contributed by atoms with Crippen LogP contribution in [-0.2, 0) is 21.4 Å². The molecule has 7 nitrogen and oxygen atoms in total. The van der Waals surface area contributed by atoms with Gasteiger partial charge in [0.2, 0.25) is 10.0 Å². The van der Waals surface area contributed by atoms with E-state index in [-0.39, 0.29) is 12.5 Å². The Bertz CT molecular complexity index is 578. The summed E-state index contributed by atoms with van der Waals surface area (Å²) in [6.07, 6.45) is 0. The molecule has 2 unspecified atom stereocenters. The van der Waals surface area contributed by atoms with Crippen LogP contribution in [0, 0.1) is 5.92 Å². The largest absolute Gasteiger partial charge is 0.376 e. The van der Waals surface area contributed by atoms with Crippen molar-refractivity contribution < 1.29 is 17.9 Å². The Morgan fingerprint density at radius 1 is 1.17 bits per heavy atom. The number of amides is 2. The van der Waals surface area contributed by atoms with Gasteiger partial charge in [0.05, 0.1) is 18.5 Å². The highest BCUT2D eigenvalue weighted by Gasteiger charge is 2.16. The summed E-state index contributed by atoms with van der Waals surface area (Å²) in [6.45, 7) is 4.86. The molecule has 0 aliphatic rings. The lowest BCUT2D eigenvalue weighted by Gasteiger charge is -2.15. The van der Waals surface area contributed by atoms with Crippen molar-refractivity contribution in [2.24, 2.45) is 11.1 Å². The molecule has 1 aromatic carbocycles. The second kappa shape index (κ2) is 9.49. The summed E-state index contributed by atoms with van der Waals surface area (Å²) in [6, 6.07) is 9.42. The number of hydrogen-bond acceptors (Lipinski definition) is 4. The van der Waals surface area contributed by atoms with E-state index in [1.54, 1.807) is 0 Å². The third-order valence-corrected chi connectivity index (χ3v) is 4.52. The number of ether oxygens (including phenoxy) is 1. The Balaban J connectivity index is 2.15. The summed E-state index contributed by atoms with van der Waals surface area (Å²) in [5, 5.41) is 9.30. The molecule has 8 heteroatoms. The molecular formula is C15H25N3O4S. The fraction of sp³-hybridized carbons (Fsp3) is 0.533. The second-order valence-electron chi connectivity index (χ2n) is 5.60. The zero-order valence-electron chi connectivity index (χ0n) is 13.5. The van der Waals surface area contributed by atoms with E-state index >= 15 is 0 Å². The van der Waals surface area contributed by atoms with Gasteiger partial charge in [0.1, 0.15) is 0 Å². The summed E-state index contributed by atoms with van der Waals surface area (Å²) in [5.74, 6) is 0.139. The van der Waals surface area contributed by atoms with Gasteiger partial charge < -0.3 is 15.4 Å². The average Bonchev–Trinajstić information content (AvgIpc) is 2.50. The number of urea groups is 1. The summed E-state index contributed by atoms with van der Waals surface area (Å²) in [7, 11) is -3.63. The van der Waals surface area contributed by atoms with Crippen LogP contribution in [0.15, 0.2) is 30.3 Å². The number of carbonyl (C=O) groups excluding carboxylic acids is 1. The zero-order valence-corrected chi connectivity index (χ0v) is 14.3. The molecule has 0 saturated carbocycles. The molecule has 130 valence electrons. The van der Waals surface area contributed by atoms with E-state index in [4.69, 9.17) is 9.88 Å². The number of hydrogen-bond donors (Lipinski definition) is 3. The van der Waals surface area contributed by atoms with Gasteiger partial charge in [-0.2, -0.15) is 0 Å². The van der Waals surface area contributed by atoms with E-state index in [0.29, 0.717) is 19.8 Å². The first kappa shape index (κ1) is 19.4. The number of nitrogens with one attached hydrogen (secondary N) is 2. The fourth-order valence-electron chi connectivity index (χ4n) is 1.69. The van der Waals surface area contributed by atoms with Crippen molar-refractivity contribution >= 4 is 16.1 Å². The summed E-state index contributed by atoms with van der Waals surface area (Å²) in [4.78, 5) is 11.6. The predicted octanol–water partition coefficient (Wildman–Crippen LogP) is 0.816. The van der Waals surface area contributed by atoms with Crippen molar-refractivity contribution in [1.82, 2.24) is 10.6 Å². The molecule has 2 amide bonds. The number of nitrogens with two attached hydrogens (primary N) is 1. The molecule has 1 aromatic rings. The van der Waals surface area contributed by atoms with E-state index in [2.05, 4.69) is 10.6 Å². The molecular weight excluding hydrogens is 318 g/mol. The molecule has 2 atom stereocenters. The molecule has 0 radical (unpaired) electrons. The highest BCUT2D eigenvalue weighted by Crippen LogP contribution is 2.02. The van der Waals surface area contributed by atoms with Crippen LogP contribution < -0.4 is 15.8 Å². The zero-order chi connectivity index (χ0) is 17.3. The molecule has 0 bridgehead atoms. The number of sulfonamides is 1. The van der Waals surface area contributed by atoms with Gasteiger partial charge in [-0.25, -0.2) is 18.4 Å². The minimum absolute atomic E-state index is 0.0243. The van der Waals surface area contributed by atoms with Crippen molar-refractivity contribution in [3.63, 3.8) is 0 Å². The molecule has 0 fully saturated rings. The lowest BCUT2D eigenvalue weighted by atomic mass is 10.2. The third kappa shape index (κ3) is 8.53. The van der Waals surface area contributed by atoms with Gasteiger partial charge >= 0.3 is 6.03 Å². The molecule has 0 aromatic heterocycles. The van der Waals surface area contributed by atoms with E-state index in [1.165, 1.54) is 6.92 Å². The van der Waals surface area contributed by atoms with Gasteiger partial charge in [-0.15, -0.1) is 0 Å². The van der Waals surface area contributed by atoms with Crippen LogP contribution in [0.25, 0.3) is 0 Å². The molecule has 0 aliphatic carbocycles. The van der Waals surface area contributed by atoms with E-state index in [0.717, 1.165) is 5.56 Å². The lowest BCUT2D eigenvalue weighted by Crippen LogP contribution is -2.44. The monoisotopic (exact) mass is 343 g/mol. The highest BCUT2D eigenvalue weighted by molar-refractivity contribution is 7.89. The smallest absolute Gasteiger partial charge is 0.314 e. The summed E-state index contributed by atoms with van der Waals surface area (Å²) in [5.41, 5.74) is 1.10. The first-order valence-electron chi connectivity index (χ1n) is 7.44. The van der Waals surface area contributed by atoms with Gasteiger partial charge in [0.25, 0.3) is 0 Å². The van der Waals surface area contributed by atoms with Crippen molar-refractivity contribution in [2.45, 2.75) is 25.7 Å². The Hall–Kier alpha value is -1.64. The normalized spacial score (nSPS) is 14.0. The molecule has 1 rings (SSSR count). The van der Waals surface area contributed by atoms with Crippen LogP contribution in [0.5, 0.6) is 0 Å². The van der Waals surface area contributed by atoms with Crippen molar-refractivity contribution in [1.29, 1.82) is 0 Å². The van der Waals surface area contributed by atoms with Gasteiger partial charge in [0.15, 0.2) is 0 Å². The van der Waals surface area contributed by atoms with Crippen LogP contribution in [0.2, 0.25) is 0 Å². The molecule has 0 spiro atoms. The van der Waals surface area contributed by atoms with Crippen LogP contribution in [0.1, 0.15) is 19.4 Å². The third-order valence-electron chi connectivity index (χ3n) is 3.24. The predicted molar refractivity (Wildman–Crippen MR) is 89.2 cm³/mol. The Morgan fingerprint density at radius 2 is 1.78 bits per heavy atom. The standard InChI is InChI=1S/C15H25N3O4S/c1-12(10-22-11-14-6-4-3-5-7-14)8-17-15(19)18-9-13(2)23(16,20)21/h3-7,12-13H,8-11H2,1-2H3,(H2,16,20,21)(H2,17,18,19). The van der Waals surface area contributed by atoms with E-state index in [1.807, 2.05) is 37.3 Å².